The third-order valence-electron chi connectivity index (χ3n) is 4.83. The van der Waals surface area contributed by atoms with Crippen LogP contribution in [0.25, 0.3) is 0 Å². The third kappa shape index (κ3) is 6.06. The van der Waals surface area contributed by atoms with Gasteiger partial charge in [-0.15, -0.1) is 11.3 Å². The number of nitrogens with one attached hydrogen (secondary N) is 2. The summed E-state index contributed by atoms with van der Waals surface area (Å²) >= 11 is 7.13. The molecule has 31 heavy (non-hydrogen) atoms. The summed E-state index contributed by atoms with van der Waals surface area (Å²) in [6.45, 7) is 8.09. The van der Waals surface area contributed by atoms with E-state index in [1.807, 2.05) is 19.1 Å². The first-order valence-electron chi connectivity index (χ1n) is 10.1. The molecule has 0 fully saturated rings. The summed E-state index contributed by atoms with van der Waals surface area (Å²) in [5.41, 5.74) is 4.02. The number of halogens is 1. The van der Waals surface area contributed by atoms with Crippen molar-refractivity contribution in [3.05, 3.63) is 69.7 Å². The quantitative estimate of drug-likeness (QED) is 0.477. The number of hydrogen-bond acceptors (Lipinski definition) is 5. The van der Waals surface area contributed by atoms with Gasteiger partial charge in [0.05, 0.1) is 12.1 Å². The van der Waals surface area contributed by atoms with E-state index < -0.39 is 0 Å². The van der Waals surface area contributed by atoms with Crippen LogP contribution in [0.4, 0.5) is 16.5 Å². The maximum absolute atomic E-state index is 12.5. The molecule has 3 rings (SSSR count). The number of benzene rings is 2. The Morgan fingerprint density at radius 1 is 1.06 bits per heavy atom. The predicted octanol–water partition coefficient (Wildman–Crippen LogP) is 5.38. The maximum Gasteiger partial charge on any atom is 0.257 e. The number of thiazole rings is 1. The molecule has 2 N–H and O–H groups in total. The number of aryl methyl sites for hydroxylation is 1. The molecule has 0 atom stereocenters. The second-order valence-corrected chi connectivity index (χ2v) is 8.30. The molecule has 0 spiro atoms. The van der Waals surface area contributed by atoms with Crippen LogP contribution in [-0.2, 0) is 11.2 Å². The lowest BCUT2D eigenvalue weighted by molar-refractivity contribution is -0.115. The van der Waals surface area contributed by atoms with Gasteiger partial charge in [0, 0.05) is 40.4 Å². The van der Waals surface area contributed by atoms with Crippen LogP contribution in [0.5, 0.6) is 0 Å². The molecule has 162 valence electrons. The van der Waals surface area contributed by atoms with Crippen LogP contribution in [0.15, 0.2) is 47.8 Å². The Morgan fingerprint density at radius 3 is 2.42 bits per heavy atom. The van der Waals surface area contributed by atoms with Crippen molar-refractivity contribution >= 4 is 51.3 Å². The van der Waals surface area contributed by atoms with Gasteiger partial charge in [-0.3, -0.25) is 14.9 Å². The molecule has 0 aliphatic heterocycles. The van der Waals surface area contributed by atoms with Crippen molar-refractivity contribution < 1.29 is 9.59 Å². The molecule has 0 radical (unpaired) electrons. The Morgan fingerprint density at radius 2 is 1.77 bits per heavy atom. The molecule has 6 nitrogen and oxygen atoms in total. The van der Waals surface area contributed by atoms with Crippen molar-refractivity contribution in [1.82, 2.24) is 4.98 Å². The Labute approximate surface area is 191 Å². The number of amides is 2. The van der Waals surface area contributed by atoms with Crippen molar-refractivity contribution in [3.8, 4) is 0 Å². The lowest BCUT2D eigenvalue weighted by atomic mass is 10.1. The molecule has 0 saturated heterocycles. The van der Waals surface area contributed by atoms with Crippen LogP contribution in [0.3, 0.4) is 0 Å². The van der Waals surface area contributed by atoms with Crippen molar-refractivity contribution in [2.45, 2.75) is 27.2 Å². The van der Waals surface area contributed by atoms with Crippen LogP contribution in [0.1, 0.15) is 35.5 Å². The lowest BCUT2D eigenvalue weighted by Crippen LogP contribution is -2.22. The number of rotatable bonds is 8. The minimum absolute atomic E-state index is 0.130. The Bertz CT molecular complexity index is 1060. The zero-order valence-electron chi connectivity index (χ0n) is 17.7. The predicted molar refractivity (Wildman–Crippen MR) is 129 cm³/mol. The van der Waals surface area contributed by atoms with Crippen LogP contribution in [-0.4, -0.2) is 29.9 Å². The first kappa shape index (κ1) is 22.8. The minimum Gasteiger partial charge on any atom is -0.372 e. The highest BCUT2D eigenvalue weighted by Crippen LogP contribution is 2.23. The molecule has 0 aliphatic carbocycles. The van der Waals surface area contributed by atoms with Gasteiger partial charge in [0.25, 0.3) is 5.91 Å². The number of hydrogen-bond donors (Lipinski definition) is 2. The van der Waals surface area contributed by atoms with Gasteiger partial charge in [0.1, 0.15) is 0 Å². The van der Waals surface area contributed by atoms with Gasteiger partial charge in [0.2, 0.25) is 5.91 Å². The monoisotopic (exact) mass is 456 g/mol. The summed E-state index contributed by atoms with van der Waals surface area (Å²) in [6, 6.07) is 12.6. The summed E-state index contributed by atoms with van der Waals surface area (Å²) in [4.78, 5) is 31.4. The van der Waals surface area contributed by atoms with Crippen molar-refractivity contribution in [2.24, 2.45) is 0 Å². The summed E-state index contributed by atoms with van der Waals surface area (Å²) in [5, 5.41) is 8.48. The van der Waals surface area contributed by atoms with Crippen molar-refractivity contribution in [2.75, 3.05) is 28.6 Å². The smallest absolute Gasteiger partial charge is 0.257 e. The molecule has 1 heterocycles. The van der Waals surface area contributed by atoms with E-state index in [1.165, 1.54) is 11.3 Å². The standard InChI is InChI=1S/C23H25ClN4O2S/c1-4-28(5-2)19-10-11-20(15(3)12-19)26-21(29)13-18-14-31-23(25-18)27-22(30)16-6-8-17(24)9-7-16/h6-12,14H,4-5,13H2,1-3H3,(H,26,29)(H,25,27,30). The summed E-state index contributed by atoms with van der Waals surface area (Å²) < 4.78 is 0. The van der Waals surface area contributed by atoms with Crippen LogP contribution < -0.4 is 15.5 Å². The molecule has 2 amide bonds. The molecular formula is C23H25ClN4O2S. The van der Waals surface area contributed by atoms with Crippen LogP contribution in [0, 0.1) is 6.92 Å². The molecule has 0 unspecified atom stereocenters. The van der Waals surface area contributed by atoms with Crippen LogP contribution >= 0.6 is 22.9 Å². The number of carbonyl (C=O) groups excluding carboxylic acids is 2. The van der Waals surface area contributed by atoms with Gasteiger partial charge in [0.15, 0.2) is 5.13 Å². The van der Waals surface area contributed by atoms with Gasteiger partial charge in [-0.2, -0.15) is 0 Å². The number of anilines is 3. The summed E-state index contributed by atoms with van der Waals surface area (Å²) in [7, 11) is 0. The fourth-order valence-electron chi connectivity index (χ4n) is 3.15. The zero-order valence-corrected chi connectivity index (χ0v) is 19.3. The van der Waals surface area contributed by atoms with E-state index in [1.54, 1.807) is 29.6 Å². The topological polar surface area (TPSA) is 74.3 Å². The number of carbonyl (C=O) groups is 2. The van der Waals surface area contributed by atoms with Crippen molar-refractivity contribution in [3.63, 3.8) is 0 Å². The largest absolute Gasteiger partial charge is 0.372 e. The second-order valence-electron chi connectivity index (χ2n) is 7.00. The highest BCUT2D eigenvalue weighted by atomic mass is 35.5. The first-order chi connectivity index (χ1) is 14.9. The average Bonchev–Trinajstić information content (AvgIpc) is 3.17. The van der Waals surface area contributed by atoms with E-state index >= 15 is 0 Å². The fraction of sp³-hybridized carbons (Fsp3) is 0.261. The van der Waals surface area contributed by atoms with Gasteiger partial charge < -0.3 is 10.2 Å². The zero-order chi connectivity index (χ0) is 22.4. The Balaban J connectivity index is 1.58. The molecular weight excluding hydrogens is 432 g/mol. The molecule has 2 aromatic carbocycles. The molecule has 0 aliphatic rings. The van der Waals surface area contributed by atoms with E-state index in [2.05, 4.69) is 40.4 Å². The summed E-state index contributed by atoms with van der Waals surface area (Å²) in [6.07, 6.45) is 0.130. The Kier molecular flexibility index (Phi) is 7.65. The lowest BCUT2D eigenvalue weighted by Gasteiger charge is -2.22. The second kappa shape index (κ2) is 10.4. The van der Waals surface area contributed by atoms with E-state index in [9.17, 15) is 9.59 Å². The molecule has 8 heteroatoms. The fourth-order valence-corrected chi connectivity index (χ4v) is 3.98. The van der Waals surface area contributed by atoms with Crippen molar-refractivity contribution in [1.29, 1.82) is 0 Å². The first-order valence-corrected chi connectivity index (χ1v) is 11.3. The van der Waals surface area contributed by atoms with Gasteiger partial charge in [-0.1, -0.05) is 11.6 Å². The van der Waals surface area contributed by atoms with E-state index in [-0.39, 0.29) is 18.2 Å². The molecule has 3 aromatic rings. The average molecular weight is 457 g/mol. The molecule has 1 aromatic heterocycles. The molecule has 0 bridgehead atoms. The SMILES string of the molecule is CCN(CC)c1ccc(NC(=O)Cc2csc(NC(=O)c3ccc(Cl)cc3)n2)c(C)c1. The summed E-state index contributed by atoms with van der Waals surface area (Å²) in [5.74, 6) is -0.425. The van der Waals surface area contributed by atoms with E-state index in [0.717, 1.165) is 30.0 Å². The van der Waals surface area contributed by atoms with E-state index in [4.69, 9.17) is 11.6 Å². The number of nitrogens with zero attached hydrogens (tertiary/aromatic N) is 2. The van der Waals surface area contributed by atoms with Gasteiger partial charge >= 0.3 is 0 Å². The molecule has 0 saturated carbocycles. The highest BCUT2D eigenvalue weighted by Gasteiger charge is 2.13. The van der Waals surface area contributed by atoms with E-state index in [0.29, 0.717) is 21.4 Å². The maximum atomic E-state index is 12.5. The third-order valence-corrected chi connectivity index (χ3v) is 5.89. The van der Waals surface area contributed by atoms with Gasteiger partial charge in [-0.25, -0.2) is 4.98 Å². The van der Waals surface area contributed by atoms with Crippen LogP contribution in [0.2, 0.25) is 5.02 Å². The van der Waals surface area contributed by atoms with Gasteiger partial charge in [-0.05, 0) is 68.8 Å². The highest BCUT2D eigenvalue weighted by molar-refractivity contribution is 7.14. The Hall–Kier alpha value is -2.90. The number of aromatic nitrogens is 1. The normalized spacial score (nSPS) is 10.6. The minimum atomic E-state index is -0.272.